The molecule has 2 heterocycles. The lowest BCUT2D eigenvalue weighted by molar-refractivity contribution is 0.0830. The Balaban J connectivity index is 1.73. The van der Waals surface area contributed by atoms with Crippen LogP contribution < -0.4 is 0 Å². The topological polar surface area (TPSA) is 49.7 Å². The largest absolute Gasteiger partial charge is 0.512 e. The number of aliphatic hydroxyl groups is 2. The summed E-state index contributed by atoms with van der Waals surface area (Å²) in [7, 11) is 0. The van der Waals surface area contributed by atoms with Crippen molar-refractivity contribution < 1.29 is 14.9 Å². The Morgan fingerprint density at radius 2 is 1.84 bits per heavy atom. The molecule has 0 aliphatic carbocycles. The van der Waals surface area contributed by atoms with E-state index in [9.17, 15) is 10.2 Å². The van der Waals surface area contributed by atoms with Gasteiger partial charge in [0.25, 0.3) is 0 Å². The van der Waals surface area contributed by atoms with Gasteiger partial charge in [0.15, 0.2) is 0 Å². The van der Waals surface area contributed by atoms with Crippen molar-refractivity contribution >= 4 is 0 Å². The van der Waals surface area contributed by atoms with E-state index in [1.807, 2.05) is 6.92 Å². The molecule has 144 valence electrons. The average molecular weight is 351 g/mol. The van der Waals surface area contributed by atoms with E-state index in [1.165, 1.54) is 32.1 Å². The maximum atomic E-state index is 10.3. The minimum atomic E-state index is -0.140. The van der Waals surface area contributed by atoms with Gasteiger partial charge in [0.05, 0.1) is 24.1 Å². The van der Waals surface area contributed by atoms with Crippen molar-refractivity contribution in [3.63, 3.8) is 0 Å². The van der Waals surface area contributed by atoms with E-state index in [-0.39, 0.29) is 6.10 Å². The molecule has 25 heavy (non-hydrogen) atoms. The summed E-state index contributed by atoms with van der Waals surface area (Å²) in [4.78, 5) is 0. The molecule has 0 radical (unpaired) electrons. The first-order valence-electron chi connectivity index (χ1n) is 10.5. The van der Waals surface area contributed by atoms with Crippen molar-refractivity contribution in [2.24, 2.45) is 11.8 Å². The number of unbranched alkanes of at least 4 members (excludes halogenated alkanes) is 3. The molecule has 3 nitrogen and oxygen atoms in total. The Labute approximate surface area is 154 Å². The van der Waals surface area contributed by atoms with Crippen LogP contribution in [0.5, 0.6) is 0 Å². The van der Waals surface area contributed by atoms with Crippen molar-refractivity contribution in [2.75, 3.05) is 0 Å². The summed E-state index contributed by atoms with van der Waals surface area (Å²) >= 11 is 0. The number of hydrogen-bond acceptors (Lipinski definition) is 3. The van der Waals surface area contributed by atoms with Gasteiger partial charge < -0.3 is 14.9 Å². The summed E-state index contributed by atoms with van der Waals surface area (Å²) in [6.07, 6.45) is 18.7. The molecule has 2 N–H and O–H groups in total. The summed E-state index contributed by atoms with van der Waals surface area (Å²) in [5.41, 5.74) is 0. The highest BCUT2D eigenvalue weighted by atomic mass is 16.5. The Kier molecular flexibility index (Phi) is 9.05. The van der Waals surface area contributed by atoms with Crippen LogP contribution in [0.3, 0.4) is 0 Å². The van der Waals surface area contributed by atoms with Crippen molar-refractivity contribution in [3.8, 4) is 0 Å². The number of hydrogen-bond donors (Lipinski definition) is 2. The first-order valence-corrected chi connectivity index (χ1v) is 10.5. The third-order valence-electron chi connectivity index (χ3n) is 6.05. The zero-order chi connectivity index (χ0) is 18.1. The second-order valence-electron chi connectivity index (χ2n) is 7.89. The Hall–Kier alpha value is -0.800. The standard InChI is InChI=1S/C22H38O3/c1-3-5-6-7-11-18(24)13-14-20-19(21-15-16-22(20)25-21)12-9-8-10-17(23)4-2/h4,8-9,18-24H,3,5-7,10-16H2,1-2H3/b9-8-,17-4+/t18?,19-,20+,21-,22+/m1/s1. The molecule has 0 aromatic carbocycles. The Morgan fingerprint density at radius 1 is 1.08 bits per heavy atom. The summed E-state index contributed by atoms with van der Waals surface area (Å²) in [6.45, 7) is 4.08. The molecule has 2 rings (SSSR count). The third kappa shape index (κ3) is 6.45. The molecule has 2 aliphatic heterocycles. The van der Waals surface area contributed by atoms with Gasteiger partial charge in [-0.15, -0.1) is 0 Å². The van der Waals surface area contributed by atoms with Gasteiger partial charge in [-0.05, 0) is 63.4 Å². The molecule has 1 unspecified atom stereocenters. The lowest BCUT2D eigenvalue weighted by Gasteiger charge is -2.28. The van der Waals surface area contributed by atoms with Crippen LogP contribution in [0.25, 0.3) is 0 Å². The quantitative estimate of drug-likeness (QED) is 0.270. The van der Waals surface area contributed by atoms with E-state index >= 15 is 0 Å². The van der Waals surface area contributed by atoms with Crippen molar-refractivity contribution in [2.45, 2.75) is 103 Å². The summed E-state index contributed by atoms with van der Waals surface area (Å²) in [5.74, 6) is 1.63. The van der Waals surface area contributed by atoms with E-state index in [2.05, 4.69) is 19.1 Å². The molecule has 0 saturated carbocycles. The average Bonchev–Trinajstić information content (AvgIpc) is 3.22. The molecule has 0 aromatic heterocycles. The second-order valence-corrected chi connectivity index (χ2v) is 7.89. The molecule has 2 fully saturated rings. The first kappa shape index (κ1) is 20.5. The monoisotopic (exact) mass is 350 g/mol. The number of rotatable bonds is 12. The van der Waals surface area contributed by atoms with Gasteiger partial charge in [0.1, 0.15) is 0 Å². The highest BCUT2D eigenvalue weighted by Crippen LogP contribution is 2.47. The third-order valence-corrected chi connectivity index (χ3v) is 6.05. The Morgan fingerprint density at radius 3 is 2.56 bits per heavy atom. The van der Waals surface area contributed by atoms with Crippen LogP contribution >= 0.6 is 0 Å². The van der Waals surface area contributed by atoms with Gasteiger partial charge in [-0.1, -0.05) is 44.8 Å². The van der Waals surface area contributed by atoms with Gasteiger partial charge >= 0.3 is 0 Å². The lowest BCUT2D eigenvalue weighted by Crippen LogP contribution is -2.27. The molecule has 0 spiro atoms. The maximum Gasteiger partial charge on any atom is 0.0917 e. The summed E-state index contributed by atoms with van der Waals surface area (Å²) < 4.78 is 6.17. The van der Waals surface area contributed by atoms with Crippen LogP contribution in [-0.4, -0.2) is 28.5 Å². The van der Waals surface area contributed by atoms with Crippen LogP contribution in [-0.2, 0) is 4.74 Å². The minimum absolute atomic E-state index is 0.140. The molecule has 2 aliphatic rings. The minimum Gasteiger partial charge on any atom is -0.512 e. The highest BCUT2D eigenvalue weighted by Gasteiger charge is 2.47. The van der Waals surface area contributed by atoms with Crippen LogP contribution in [0.1, 0.15) is 84.5 Å². The van der Waals surface area contributed by atoms with Gasteiger partial charge in [-0.25, -0.2) is 0 Å². The fourth-order valence-electron chi connectivity index (χ4n) is 4.51. The molecular formula is C22H38O3. The molecule has 2 bridgehead atoms. The molecule has 0 amide bonds. The molecule has 3 heteroatoms. The fraction of sp³-hybridized carbons (Fsp3) is 0.818. The van der Waals surface area contributed by atoms with Crippen LogP contribution in [0.4, 0.5) is 0 Å². The normalized spacial score (nSPS) is 30.4. The second kappa shape index (κ2) is 11.0. The predicted octanol–water partition coefficient (Wildman–Crippen LogP) is 5.69. The molecule has 0 aromatic rings. The summed E-state index contributed by atoms with van der Waals surface area (Å²) in [6, 6.07) is 0. The van der Waals surface area contributed by atoms with E-state index in [0.717, 1.165) is 32.1 Å². The maximum absolute atomic E-state index is 10.3. The SMILES string of the molecule is C/C=C(/O)C/C=C\C[C@@H]1[C@H](CCC(O)CCCCCC)[C@@H]2CC[C@H]1O2. The smallest absolute Gasteiger partial charge is 0.0917 e. The zero-order valence-electron chi connectivity index (χ0n) is 16.2. The van der Waals surface area contributed by atoms with Crippen molar-refractivity contribution in [1.82, 2.24) is 0 Å². The van der Waals surface area contributed by atoms with Crippen LogP contribution in [0.2, 0.25) is 0 Å². The number of allylic oxidation sites excluding steroid dienone is 3. The van der Waals surface area contributed by atoms with Crippen molar-refractivity contribution in [3.05, 3.63) is 24.0 Å². The predicted molar refractivity (Wildman–Crippen MR) is 104 cm³/mol. The molecular weight excluding hydrogens is 312 g/mol. The van der Waals surface area contributed by atoms with Crippen molar-refractivity contribution in [1.29, 1.82) is 0 Å². The molecule has 5 atom stereocenters. The Bertz CT molecular complexity index is 429. The van der Waals surface area contributed by atoms with E-state index in [4.69, 9.17) is 4.74 Å². The first-order chi connectivity index (χ1) is 12.2. The lowest BCUT2D eigenvalue weighted by atomic mass is 9.75. The number of fused-ring (bicyclic) bond motifs is 2. The summed E-state index contributed by atoms with van der Waals surface area (Å²) in [5, 5.41) is 19.8. The van der Waals surface area contributed by atoms with E-state index in [0.29, 0.717) is 36.2 Å². The number of ether oxygens (including phenoxy) is 1. The van der Waals surface area contributed by atoms with Gasteiger partial charge in [0.2, 0.25) is 0 Å². The van der Waals surface area contributed by atoms with E-state index in [1.54, 1.807) is 6.08 Å². The van der Waals surface area contributed by atoms with Gasteiger partial charge in [0, 0.05) is 6.42 Å². The van der Waals surface area contributed by atoms with Gasteiger partial charge in [-0.2, -0.15) is 0 Å². The van der Waals surface area contributed by atoms with Gasteiger partial charge in [-0.3, -0.25) is 0 Å². The number of aliphatic hydroxyl groups excluding tert-OH is 2. The van der Waals surface area contributed by atoms with E-state index < -0.39 is 0 Å². The van der Waals surface area contributed by atoms with Crippen LogP contribution in [0, 0.1) is 11.8 Å². The fourth-order valence-corrected chi connectivity index (χ4v) is 4.51. The molecule has 2 saturated heterocycles. The zero-order valence-corrected chi connectivity index (χ0v) is 16.2. The van der Waals surface area contributed by atoms with Crippen LogP contribution in [0.15, 0.2) is 24.0 Å². The highest BCUT2D eigenvalue weighted by molar-refractivity contribution is 5.02.